The third kappa shape index (κ3) is 6.52. The Kier molecular flexibility index (Phi) is 8.45. The van der Waals surface area contributed by atoms with E-state index >= 15 is 0 Å². The first-order valence-corrected chi connectivity index (χ1v) is 12.1. The number of piperidine rings is 1. The third-order valence-electron chi connectivity index (χ3n) is 6.51. The third-order valence-corrected chi connectivity index (χ3v) is 6.51. The zero-order chi connectivity index (χ0) is 28.2. The van der Waals surface area contributed by atoms with Gasteiger partial charge in [-0.05, 0) is 40.6 Å². The number of tetrazole rings is 1. The Hall–Kier alpha value is -4.04. The van der Waals surface area contributed by atoms with Gasteiger partial charge in [-0.2, -0.15) is 17.9 Å². The van der Waals surface area contributed by atoms with Gasteiger partial charge < -0.3 is 25.4 Å². The predicted molar refractivity (Wildman–Crippen MR) is 132 cm³/mol. The number of nitrogens with one attached hydrogen (secondary N) is 2. The highest BCUT2D eigenvalue weighted by Gasteiger charge is 2.39. The second-order valence-electron chi connectivity index (χ2n) is 9.09. The summed E-state index contributed by atoms with van der Waals surface area (Å²) in [5.41, 5.74) is 1.67. The molecule has 1 saturated heterocycles. The number of carbonyl (C=O) groups is 2. The zero-order valence-corrected chi connectivity index (χ0v) is 21.2. The van der Waals surface area contributed by atoms with Crippen LogP contribution in [0.5, 0.6) is 5.75 Å². The van der Waals surface area contributed by atoms with Crippen molar-refractivity contribution in [3.8, 4) is 11.4 Å². The van der Waals surface area contributed by atoms with Gasteiger partial charge in [-0.1, -0.05) is 30.3 Å². The van der Waals surface area contributed by atoms with Crippen LogP contribution in [0.25, 0.3) is 5.69 Å². The van der Waals surface area contributed by atoms with Crippen LogP contribution in [0.1, 0.15) is 36.2 Å². The van der Waals surface area contributed by atoms with Crippen LogP contribution in [-0.4, -0.2) is 74.5 Å². The van der Waals surface area contributed by atoms with Gasteiger partial charge in [-0.15, -0.1) is 5.10 Å². The van der Waals surface area contributed by atoms with Crippen LogP contribution in [0.15, 0.2) is 48.5 Å². The Labute approximate surface area is 221 Å². The van der Waals surface area contributed by atoms with E-state index in [1.54, 1.807) is 6.07 Å². The Morgan fingerprint density at radius 1 is 1.21 bits per heavy atom. The van der Waals surface area contributed by atoms with Crippen LogP contribution in [0.3, 0.4) is 0 Å². The highest BCUT2D eigenvalue weighted by Crippen LogP contribution is 2.31. The molecular weight excluding hydrogens is 519 g/mol. The second kappa shape index (κ2) is 11.8. The van der Waals surface area contributed by atoms with E-state index in [2.05, 4.69) is 26.2 Å². The van der Waals surface area contributed by atoms with Crippen LogP contribution in [0, 0.1) is 0 Å². The lowest BCUT2D eigenvalue weighted by Gasteiger charge is -2.40. The number of methoxy groups -OCH3 is 1. The first-order chi connectivity index (χ1) is 18.6. The van der Waals surface area contributed by atoms with Crippen LogP contribution in [0.2, 0.25) is 0 Å². The average Bonchev–Trinajstić information content (AvgIpc) is 3.42. The number of carbonyl (C=O) groups excluding carboxylic acids is 2. The molecule has 0 saturated carbocycles. The molecular formula is C25H28F3N7O4. The number of halogens is 3. The van der Waals surface area contributed by atoms with Crippen molar-refractivity contribution in [2.45, 2.75) is 44.3 Å². The van der Waals surface area contributed by atoms with Gasteiger partial charge in [0.1, 0.15) is 5.75 Å². The summed E-state index contributed by atoms with van der Waals surface area (Å²) in [5, 5.41) is 25.6. The Balaban J connectivity index is 1.55. The SMILES string of the molecule is COc1ccc(-n2nnnc2C(F)(F)F)cc1CN[C@H]1CCN(C(=O)C(O)NC(C)=O)C[C@H]1c1ccccc1. The summed E-state index contributed by atoms with van der Waals surface area (Å²) in [6.07, 6.45) is -5.85. The molecule has 0 aliphatic carbocycles. The molecule has 14 heteroatoms. The number of nitrogens with zero attached hydrogens (tertiary/aromatic N) is 5. The van der Waals surface area contributed by atoms with Crippen LogP contribution < -0.4 is 15.4 Å². The summed E-state index contributed by atoms with van der Waals surface area (Å²) in [5.74, 6) is -2.06. The molecule has 1 aliphatic rings. The number of aliphatic hydroxyl groups is 1. The van der Waals surface area contributed by atoms with Crippen LogP contribution in [0.4, 0.5) is 13.2 Å². The lowest BCUT2D eigenvalue weighted by Crippen LogP contribution is -2.54. The van der Waals surface area contributed by atoms with E-state index in [9.17, 15) is 27.9 Å². The van der Waals surface area contributed by atoms with E-state index < -0.39 is 30.0 Å². The standard InChI is InChI=1S/C25H28F3N7O4/c1-15(36)30-22(37)23(38)34-11-10-20(19(14-34)16-6-4-3-5-7-16)29-13-17-12-18(8-9-21(17)39-2)35-24(25(26,27)28)31-32-33-35/h3-9,12,19-20,22,29,37H,10-11,13-14H2,1-2H3,(H,30,36)/t19-,20-,22?/m0/s1. The van der Waals surface area contributed by atoms with Gasteiger partial charge in [0.05, 0.1) is 12.8 Å². The summed E-state index contributed by atoms with van der Waals surface area (Å²) >= 11 is 0. The molecule has 39 heavy (non-hydrogen) atoms. The molecule has 0 bridgehead atoms. The minimum atomic E-state index is -4.73. The van der Waals surface area contributed by atoms with Gasteiger partial charge in [-0.25, -0.2) is 0 Å². The maximum absolute atomic E-state index is 13.3. The summed E-state index contributed by atoms with van der Waals surface area (Å²) in [7, 11) is 1.47. The van der Waals surface area contributed by atoms with Crippen molar-refractivity contribution >= 4 is 11.8 Å². The van der Waals surface area contributed by atoms with Crippen LogP contribution >= 0.6 is 0 Å². The fraction of sp³-hybridized carbons (Fsp3) is 0.400. The first kappa shape index (κ1) is 28.0. The van der Waals surface area contributed by atoms with Gasteiger partial charge in [0.15, 0.2) is 0 Å². The van der Waals surface area contributed by atoms with E-state index in [4.69, 9.17) is 4.74 Å². The number of likely N-dealkylation sites (tertiary alicyclic amines) is 1. The monoisotopic (exact) mass is 547 g/mol. The minimum Gasteiger partial charge on any atom is -0.496 e. The highest BCUT2D eigenvalue weighted by atomic mass is 19.4. The molecule has 2 amide bonds. The van der Waals surface area contributed by atoms with Crippen molar-refractivity contribution in [3.63, 3.8) is 0 Å². The van der Waals surface area contributed by atoms with Gasteiger partial charge in [0, 0.05) is 44.1 Å². The molecule has 0 spiro atoms. The average molecular weight is 548 g/mol. The maximum atomic E-state index is 13.3. The molecule has 2 heterocycles. The first-order valence-electron chi connectivity index (χ1n) is 12.1. The number of ether oxygens (including phenoxy) is 1. The summed E-state index contributed by atoms with van der Waals surface area (Å²) in [6.45, 7) is 2.07. The molecule has 4 rings (SSSR count). The topological polar surface area (TPSA) is 134 Å². The molecule has 3 N–H and O–H groups in total. The van der Waals surface area contributed by atoms with Crippen molar-refractivity contribution in [3.05, 3.63) is 65.5 Å². The molecule has 1 aliphatic heterocycles. The Bertz CT molecular complexity index is 1300. The van der Waals surface area contributed by atoms with Gasteiger partial charge in [-0.3, -0.25) is 9.59 Å². The Morgan fingerprint density at radius 2 is 1.95 bits per heavy atom. The Morgan fingerprint density at radius 3 is 2.62 bits per heavy atom. The number of hydrogen-bond acceptors (Lipinski definition) is 8. The second-order valence-corrected chi connectivity index (χ2v) is 9.09. The number of amides is 2. The summed E-state index contributed by atoms with van der Waals surface area (Å²) < 4.78 is 46.1. The molecule has 1 aromatic heterocycles. The molecule has 0 radical (unpaired) electrons. The largest absolute Gasteiger partial charge is 0.496 e. The number of alkyl halides is 3. The molecule has 1 unspecified atom stereocenters. The summed E-state index contributed by atoms with van der Waals surface area (Å²) in [6, 6.07) is 13.9. The van der Waals surface area contributed by atoms with Crippen molar-refractivity contribution in [1.29, 1.82) is 0 Å². The molecule has 1 fully saturated rings. The molecule has 11 nitrogen and oxygen atoms in total. The number of hydrogen-bond donors (Lipinski definition) is 3. The predicted octanol–water partition coefficient (Wildman–Crippen LogP) is 1.62. The van der Waals surface area contributed by atoms with E-state index in [1.165, 1.54) is 31.1 Å². The molecule has 3 aromatic rings. The maximum Gasteiger partial charge on any atom is 0.453 e. The van der Waals surface area contributed by atoms with Crippen molar-refractivity contribution in [2.75, 3.05) is 20.2 Å². The summed E-state index contributed by atoms with van der Waals surface area (Å²) in [4.78, 5) is 25.5. The number of rotatable bonds is 8. The van der Waals surface area contributed by atoms with E-state index in [1.807, 2.05) is 30.3 Å². The quantitative estimate of drug-likeness (QED) is 0.362. The zero-order valence-electron chi connectivity index (χ0n) is 21.2. The van der Waals surface area contributed by atoms with Gasteiger partial charge >= 0.3 is 6.18 Å². The van der Waals surface area contributed by atoms with Gasteiger partial charge in [0.2, 0.25) is 12.1 Å². The molecule has 208 valence electrons. The van der Waals surface area contributed by atoms with Gasteiger partial charge in [0.25, 0.3) is 11.7 Å². The minimum absolute atomic E-state index is 0.122. The fourth-order valence-corrected chi connectivity index (χ4v) is 4.68. The van der Waals surface area contributed by atoms with E-state index in [0.29, 0.717) is 29.0 Å². The number of aliphatic hydroxyl groups excluding tert-OH is 1. The van der Waals surface area contributed by atoms with Crippen molar-refractivity contribution in [1.82, 2.24) is 35.7 Å². The smallest absolute Gasteiger partial charge is 0.453 e. The fourth-order valence-electron chi connectivity index (χ4n) is 4.68. The van der Waals surface area contributed by atoms with Crippen molar-refractivity contribution in [2.24, 2.45) is 0 Å². The van der Waals surface area contributed by atoms with E-state index in [0.717, 1.165) is 5.56 Å². The highest BCUT2D eigenvalue weighted by molar-refractivity contribution is 5.85. The number of aromatic nitrogens is 4. The number of benzene rings is 2. The van der Waals surface area contributed by atoms with E-state index in [-0.39, 0.29) is 30.7 Å². The lowest BCUT2D eigenvalue weighted by molar-refractivity contribution is -0.146. The van der Waals surface area contributed by atoms with Crippen molar-refractivity contribution < 1.29 is 32.6 Å². The normalized spacial score (nSPS) is 18.5. The lowest BCUT2D eigenvalue weighted by atomic mass is 9.85. The molecule has 3 atom stereocenters. The molecule has 2 aromatic carbocycles. The van der Waals surface area contributed by atoms with Crippen LogP contribution in [-0.2, 0) is 22.3 Å².